The Morgan fingerprint density at radius 2 is 1.70 bits per heavy atom. The molecule has 0 unspecified atom stereocenters. The first kappa shape index (κ1) is 21.0. The van der Waals surface area contributed by atoms with Gasteiger partial charge in [0.1, 0.15) is 0 Å². The second kappa shape index (κ2) is 8.77. The zero-order valence-corrected chi connectivity index (χ0v) is 17.4. The van der Waals surface area contributed by atoms with Gasteiger partial charge in [-0.25, -0.2) is 9.48 Å². The van der Waals surface area contributed by atoms with Crippen LogP contribution in [0.15, 0.2) is 53.3 Å². The number of esters is 1. The van der Waals surface area contributed by atoms with E-state index in [1.54, 1.807) is 50.2 Å². The number of hydrogen-bond acceptors (Lipinski definition) is 6. The molecule has 0 aliphatic rings. The zero-order valence-electron chi connectivity index (χ0n) is 17.4. The molecule has 1 aromatic heterocycles. The average Bonchev–Trinajstić information content (AvgIpc) is 2.72. The van der Waals surface area contributed by atoms with E-state index >= 15 is 0 Å². The summed E-state index contributed by atoms with van der Waals surface area (Å²) in [5.74, 6) is -1.24. The number of amides is 1. The van der Waals surface area contributed by atoms with Crippen molar-refractivity contribution in [2.75, 3.05) is 30.9 Å². The molecule has 0 aliphatic heterocycles. The first-order chi connectivity index (χ1) is 14.3. The maximum atomic E-state index is 12.6. The van der Waals surface area contributed by atoms with Crippen molar-refractivity contribution in [2.24, 2.45) is 0 Å². The van der Waals surface area contributed by atoms with Crippen LogP contribution in [0.5, 0.6) is 0 Å². The Hall–Kier alpha value is -3.68. The Bertz CT molecular complexity index is 1130. The predicted octanol–water partition coefficient (Wildman–Crippen LogP) is 2.84. The predicted molar refractivity (Wildman–Crippen MR) is 116 cm³/mol. The molecule has 30 heavy (non-hydrogen) atoms. The van der Waals surface area contributed by atoms with E-state index in [9.17, 15) is 14.4 Å². The highest BCUT2D eigenvalue weighted by molar-refractivity contribution is 6.03. The molecule has 3 rings (SSSR count). The van der Waals surface area contributed by atoms with Crippen LogP contribution in [0.2, 0.25) is 0 Å². The Morgan fingerprint density at radius 1 is 1.07 bits per heavy atom. The van der Waals surface area contributed by atoms with E-state index in [-0.39, 0.29) is 17.3 Å². The lowest BCUT2D eigenvalue weighted by atomic mass is 10.1. The van der Waals surface area contributed by atoms with Crippen LogP contribution in [-0.2, 0) is 9.53 Å². The number of nitrogens with zero attached hydrogens (tertiary/aromatic N) is 3. The zero-order chi connectivity index (χ0) is 21.8. The highest BCUT2D eigenvalue weighted by atomic mass is 16.5. The molecule has 3 aromatic rings. The Kier molecular flexibility index (Phi) is 6.15. The van der Waals surface area contributed by atoms with Crippen molar-refractivity contribution < 1.29 is 14.3 Å². The lowest BCUT2D eigenvalue weighted by Gasteiger charge is -2.14. The summed E-state index contributed by atoms with van der Waals surface area (Å²) in [7, 11) is 3.85. The minimum atomic E-state index is -0.765. The molecule has 0 saturated carbocycles. The van der Waals surface area contributed by atoms with Gasteiger partial charge >= 0.3 is 5.97 Å². The Labute approximate surface area is 174 Å². The van der Waals surface area contributed by atoms with Crippen molar-refractivity contribution in [3.63, 3.8) is 0 Å². The summed E-state index contributed by atoms with van der Waals surface area (Å²) in [6.45, 7) is 3.13. The molecular formula is C22H24N4O4. The highest BCUT2D eigenvalue weighted by Gasteiger charge is 2.20. The van der Waals surface area contributed by atoms with Crippen LogP contribution in [0.25, 0.3) is 10.8 Å². The smallest absolute Gasteiger partial charge is 0.359 e. The molecule has 0 radical (unpaired) electrons. The van der Waals surface area contributed by atoms with E-state index in [2.05, 4.69) is 10.4 Å². The van der Waals surface area contributed by atoms with E-state index in [4.69, 9.17) is 4.74 Å². The van der Waals surface area contributed by atoms with Crippen LogP contribution in [0, 0.1) is 0 Å². The number of aromatic nitrogens is 2. The normalized spacial score (nSPS) is 10.8. The van der Waals surface area contributed by atoms with Gasteiger partial charge in [-0.1, -0.05) is 18.2 Å². The SMILES string of the molecule is CC(C)n1nc(C(=O)OCC(=O)Nc2ccc(N(C)C)cc2)c2ccccc2c1=O. The minimum absolute atomic E-state index is 0.00189. The van der Waals surface area contributed by atoms with Crippen molar-refractivity contribution in [1.29, 1.82) is 0 Å². The molecule has 8 nitrogen and oxygen atoms in total. The second-order valence-corrected chi connectivity index (χ2v) is 7.30. The van der Waals surface area contributed by atoms with Gasteiger partial charge in [-0.05, 0) is 44.2 Å². The van der Waals surface area contributed by atoms with Crippen LogP contribution in [0.3, 0.4) is 0 Å². The molecule has 156 valence electrons. The summed E-state index contributed by atoms with van der Waals surface area (Å²) in [5, 5.41) is 7.63. The molecule has 0 spiro atoms. The van der Waals surface area contributed by atoms with Crippen LogP contribution in [0.1, 0.15) is 30.4 Å². The van der Waals surface area contributed by atoms with Crippen LogP contribution in [0.4, 0.5) is 11.4 Å². The highest BCUT2D eigenvalue weighted by Crippen LogP contribution is 2.17. The third-order valence-corrected chi connectivity index (χ3v) is 4.51. The lowest BCUT2D eigenvalue weighted by molar-refractivity contribution is -0.119. The lowest BCUT2D eigenvalue weighted by Crippen LogP contribution is -2.28. The molecule has 1 heterocycles. The number of hydrogen-bond donors (Lipinski definition) is 1. The van der Waals surface area contributed by atoms with E-state index in [0.717, 1.165) is 5.69 Å². The van der Waals surface area contributed by atoms with Gasteiger partial charge in [0.2, 0.25) is 0 Å². The van der Waals surface area contributed by atoms with E-state index in [1.165, 1.54) is 4.68 Å². The van der Waals surface area contributed by atoms with Crippen LogP contribution < -0.4 is 15.8 Å². The van der Waals surface area contributed by atoms with Gasteiger partial charge in [-0.2, -0.15) is 5.10 Å². The number of benzene rings is 2. The summed E-state index contributed by atoms with van der Waals surface area (Å²) >= 11 is 0. The van der Waals surface area contributed by atoms with Gasteiger partial charge in [-0.15, -0.1) is 0 Å². The van der Waals surface area contributed by atoms with Gasteiger partial charge in [0.15, 0.2) is 12.3 Å². The molecule has 1 N–H and O–H groups in total. The molecule has 0 aliphatic carbocycles. The molecule has 0 atom stereocenters. The fourth-order valence-electron chi connectivity index (χ4n) is 2.95. The minimum Gasteiger partial charge on any atom is -0.451 e. The summed E-state index contributed by atoms with van der Waals surface area (Å²) in [5.41, 5.74) is 1.31. The van der Waals surface area contributed by atoms with Crippen molar-refractivity contribution in [3.05, 3.63) is 64.6 Å². The molecule has 0 bridgehead atoms. The fourth-order valence-corrected chi connectivity index (χ4v) is 2.95. The van der Waals surface area contributed by atoms with Gasteiger partial charge in [0, 0.05) is 30.9 Å². The van der Waals surface area contributed by atoms with Crippen LogP contribution >= 0.6 is 0 Å². The summed E-state index contributed by atoms with van der Waals surface area (Å²) < 4.78 is 6.41. The maximum Gasteiger partial charge on any atom is 0.359 e. The topological polar surface area (TPSA) is 93.5 Å². The quantitative estimate of drug-likeness (QED) is 0.631. The van der Waals surface area contributed by atoms with Gasteiger partial charge < -0.3 is 15.0 Å². The maximum absolute atomic E-state index is 12.6. The van der Waals surface area contributed by atoms with Crippen molar-refractivity contribution in [3.8, 4) is 0 Å². The largest absolute Gasteiger partial charge is 0.451 e. The number of anilines is 2. The average molecular weight is 408 g/mol. The van der Waals surface area contributed by atoms with Crippen molar-refractivity contribution in [1.82, 2.24) is 9.78 Å². The molecule has 0 saturated heterocycles. The number of carbonyl (C=O) groups is 2. The summed E-state index contributed by atoms with van der Waals surface area (Å²) in [6.07, 6.45) is 0. The number of rotatable bonds is 6. The van der Waals surface area contributed by atoms with Gasteiger partial charge in [0.05, 0.1) is 11.4 Å². The van der Waals surface area contributed by atoms with Gasteiger partial charge in [0.25, 0.3) is 11.5 Å². The van der Waals surface area contributed by atoms with E-state index in [1.807, 2.05) is 31.1 Å². The van der Waals surface area contributed by atoms with Crippen molar-refractivity contribution in [2.45, 2.75) is 19.9 Å². The fraction of sp³-hybridized carbons (Fsp3) is 0.273. The van der Waals surface area contributed by atoms with Crippen molar-refractivity contribution >= 4 is 34.0 Å². The molecule has 1 amide bonds. The number of carbonyl (C=O) groups excluding carboxylic acids is 2. The molecular weight excluding hydrogens is 384 g/mol. The first-order valence-corrected chi connectivity index (χ1v) is 9.54. The summed E-state index contributed by atoms with van der Waals surface area (Å²) in [6, 6.07) is 13.7. The number of ether oxygens (including phenoxy) is 1. The standard InChI is InChI=1S/C22H24N4O4/c1-14(2)26-21(28)18-8-6-5-7-17(18)20(24-26)22(29)30-13-19(27)23-15-9-11-16(12-10-15)25(3)4/h5-12,14H,13H2,1-4H3,(H,23,27). The molecule has 2 aromatic carbocycles. The Balaban J connectivity index is 1.74. The van der Waals surface area contributed by atoms with Gasteiger partial charge in [-0.3, -0.25) is 9.59 Å². The third kappa shape index (κ3) is 4.48. The number of nitrogens with one attached hydrogen (secondary N) is 1. The second-order valence-electron chi connectivity index (χ2n) is 7.30. The molecule has 0 fully saturated rings. The van der Waals surface area contributed by atoms with E-state index < -0.39 is 18.5 Å². The third-order valence-electron chi connectivity index (χ3n) is 4.51. The monoisotopic (exact) mass is 408 g/mol. The van der Waals surface area contributed by atoms with Crippen LogP contribution in [-0.4, -0.2) is 42.4 Å². The molecule has 8 heteroatoms. The first-order valence-electron chi connectivity index (χ1n) is 9.54. The number of fused-ring (bicyclic) bond motifs is 1. The summed E-state index contributed by atoms with van der Waals surface area (Å²) in [4.78, 5) is 39.3. The Morgan fingerprint density at radius 3 is 2.30 bits per heavy atom. The van der Waals surface area contributed by atoms with E-state index in [0.29, 0.717) is 16.5 Å².